The Balaban J connectivity index is 3.34. The van der Waals surface area contributed by atoms with Gasteiger partial charge in [0, 0.05) is 12.1 Å². The molecule has 0 aliphatic rings. The van der Waals surface area contributed by atoms with Gasteiger partial charge in [-0.1, -0.05) is 0 Å². The van der Waals surface area contributed by atoms with Crippen LogP contribution in [0.25, 0.3) is 0 Å². The van der Waals surface area contributed by atoms with E-state index in [1.807, 2.05) is 0 Å². The lowest BCUT2D eigenvalue weighted by atomic mass is 10.2. The van der Waals surface area contributed by atoms with Crippen molar-refractivity contribution < 1.29 is 40.6 Å². The van der Waals surface area contributed by atoms with Crippen LogP contribution in [0.4, 0.5) is 18.9 Å². The predicted molar refractivity (Wildman–Crippen MR) is 55.7 cm³/mol. The molecule has 0 saturated carbocycles. The molecule has 1 N–H and O–H groups in total. The van der Waals surface area contributed by atoms with Crippen molar-refractivity contribution in [2.24, 2.45) is 0 Å². The summed E-state index contributed by atoms with van der Waals surface area (Å²) in [6.07, 6.45) is 0. The summed E-state index contributed by atoms with van der Waals surface area (Å²) in [4.78, 5) is 20.2. The minimum atomic E-state index is -6.07. The van der Waals surface area contributed by atoms with Crippen molar-refractivity contribution >= 4 is 21.8 Å². The standard InChI is InChI=1S/C8H4F3NO7S/c9-8(10,11)20(17,18)19-6-2-1-4(12(15)16)3-5(6)7(13)14/h1-3H,(H,13,14). The van der Waals surface area contributed by atoms with Gasteiger partial charge in [-0.05, 0) is 6.07 Å². The fourth-order valence-electron chi connectivity index (χ4n) is 1.04. The molecule has 0 fully saturated rings. The summed E-state index contributed by atoms with van der Waals surface area (Å²) in [5.41, 5.74) is -7.60. The number of alkyl halides is 3. The van der Waals surface area contributed by atoms with Gasteiger partial charge in [0.25, 0.3) is 5.69 Å². The van der Waals surface area contributed by atoms with E-state index in [0.29, 0.717) is 18.2 Å². The zero-order valence-corrected chi connectivity index (χ0v) is 9.93. The number of non-ortho nitro benzene ring substituents is 1. The number of nitro groups is 1. The molecule has 1 aromatic rings. The van der Waals surface area contributed by atoms with Crippen LogP contribution < -0.4 is 4.18 Å². The Hall–Kier alpha value is -2.37. The Morgan fingerprint density at radius 3 is 2.30 bits per heavy atom. The molecule has 0 aliphatic carbocycles. The molecule has 20 heavy (non-hydrogen) atoms. The molecule has 0 aliphatic heterocycles. The molecule has 0 amide bonds. The fourth-order valence-corrected chi connectivity index (χ4v) is 1.51. The molecule has 0 aromatic heterocycles. The minimum Gasteiger partial charge on any atom is -0.478 e. The van der Waals surface area contributed by atoms with Crippen LogP contribution in [0.1, 0.15) is 10.4 Å². The van der Waals surface area contributed by atoms with Crippen molar-refractivity contribution in [2.75, 3.05) is 0 Å². The Morgan fingerprint density at radius 1 is 1.35 bits per heavy atom. The van der Waals surface area contributed by atoms with Gasteiger partial charge >= 0.3 is 21.6 Å². The maximum Gasteiger partial charge on any atom is 0.534 e. The van der Waals surface area contributed by atoms with Gasteiger partial charge < -0.3 is 9.29 Å². The molecule has 0 spiro atoms. The Bertz CT molecular complexity index is 667. The first-order valence-electron chi connectivity index (χ1n) is 4.48. The Kier molecular flexibility index (Phi) is 3.89. The van der Waals surface area contributed by atoms with Crippen LogP contribution >= 0.6 is 0 Å². The highest BCUT2D eigenvalue weighted by molar-refractivity contribution is 7.88. The number of carboxylic acid groups (broad SMARTS) is 1. The molecule has 8 nitrogen and oxygen atoms in total. The summed E-state index contributed by atoms with van der Waals surface area (Å²) < 4.78 is 61.4. The van der Waals surface area contributed by atoms with Crippen molar-refractivity contribution in [2.45, 2.75) is 5.51 Å². The smallest absolute Gasteiger partial charge is 0.478 e. The SMILES string of the molecule is O=C(O)c1cc([N+](=O)[O-])ccc1OS(=O)(=O)C(F)(F)F. The van der Waals surface area contributed by atoms with Crippen LogP contribution in [0.3, 0.4) is 0 Å². The van der Waals surface area contributed by atoms with E-state index < -0.39 is 43.5 Å². The second-order valence-corrected chi connectivity index (χ2v) is 4.76. The third kappa shape index (κ3) is 3.14. The molecule has 12 heteroatoms. The van der Waals surface area contributed by atoms with Crippen LogP contribution in [0.15, 0.2) is 18.2 Å². The highest BCUT2D eigenvalue weighted by Crippen LogP contribution is 2.30. The maximum atomic E-state index is 12.1. The normalized spacial score (nSPS) is 11.9. The molecular weight excluding hydrogens is 311 g/mol. The van der Waals surface area contributed by atoms with Gasteiger partial charge in [0.2, 0.25) is 0 Å². The lowest BCUT2D eigenvalue weighted by Gasteiger charge is -2.10. The van der Waals surface area contributed by atoms with Gasteiger partial charge in [0.1, 0.15) is 5.56 Å². The maximum absolute atomic E-state index is 12.1. The van der Waals surface area contributed by atoms with Gasteiger partial charge in [-0.15, -0.1) is 0 Å². The van der Waals surface area contributed by atoms with Crippen LogP contribution in [-0.2, 0) is 10.1 Å². The van der Waals surface area contributed by atoms with E-state index in [4.69, 9.17) is 5.11 Å². The molecule has 110 valence electrons. The van der Waals surface area contributed by atoms with Gasteiger partial charge in [-0.2, -0.15) is 21.6 Å². The van der Waals surface area contributed by atoms with E-state index in [1.54, 1.807) is 0 Å². The van der Waals surface area contributed by atoms with Gasteiger partial charge in [-0.25, -0.2) is 4.79 Å². The lowest BCUT2D eigenvalue weighted by molar-refractivity contribution is -0.384. The first kappa shape index (κ1) is 15.7. The molecule has 1 rings (SSSR count). The largest absolute Gasteiger partial charge is 0.534 e. The molecule has 0 radical (unpaired) electrons. The van der Waals surface area contributed by atoms with Crippen molar-refractivity contribution in [3.05, 3.63) is 33.9 Å². The second kappa shape index (κ2) is 4.96. The summed E-state index contributed by atoms with van der Waals surface area (Å²) in [6, 6.07) is 1.43. The predicted octanol–water partition coefficient (Wildman–Crippen LogP) is 1.52. The molecule has 0 atom stereocenters. The highest BCUT2D eigenvalue weighted by atomic mass is 32.2. The number of carbonyl (C=O) groups is 1. The van der Waals surface area contributed by atoms with Crippen molar-refractivity contribution in [1.29, 1.82) is 0 Å². The third-order valence-corrected chi connectivity index (χ3v) is 2.85. The van der Waals surface area contributed by atoms with Crippen LogP contribution in [-0.4, -0.2) is 29.9 Å². The first-order chi connectivity index (χ1) is 8.95. The van der Waals surface area contributed by atoms with E-state index in [2.05, 4.69) is 4.18 Å². The summed E-state index contributed by atoms with van der Waals surface area (Å²) in [5, 5.41) is 19.1. The van der Waals surface area contributed by atoms with Crippen molar-refractivity contribution in [3.8, 4) is 5.75 Å². The minimum absolute atomic E-state index is 0.379. The van der Waals surface area contributed by atoms with E-state index in [0.717, 1.165) is 0 Å². The zero-order chi connectivity index (χ0) is 15.7. The number of nitrogens with zero attached hydrogens (tertiary/aromatic N) is 1. The average molecular weight is 315 g/mol. The molecule has 0 unspecified atom stereocenters. The monoisotopic (exact) mass is 315 g/mol. The summed E-state index contributed by atoms with van der Waals surface area (Å²) in [6.45, 7) is 0. The number of aromatic carboxylic acids is 1. The van der Waals surface area contributed by atoms with E-state index in [9.17, 15) is 36.5 Å². The van der Waals surface area contributed by atoms with Crippen LogP contribution in [0.5, 0.6) is 5.75 Å². The van der Waals surface area contributed by atoms with Crippen LogP contribution in [0.2, 0.25) is 0 Å². The Morgan fingerprint density at radius 2 is 1.90 bits per heavy atom. The average Bonchev–Trinajstić information content (AvgIpc) is 2.26. The van der Waals surface area contributed by atoms with Crippen molar-refractivity contribution in [1.82, 2.24) is 0 Å². The quantitative estimate of drug-likeness (QED) is 0.386. The first-order valence-corrected chi connectivity index (χ1v) is 5.89. The van der Waals surface area contributed by atoms with E-state index in [1.165, 1.54) is 0 Å². The van der Waals surface area contributed by atoms with Gasteiger partial charge in [0.05, 0.1) is 4.92 Å². The van der Waals surface area contributed by atoms with Gasteiger partial charge in [0.15, 0.2) is 5.75 Å². The molecule has 1 aromatic carbocycles. The van der Waals surface area contributed by atoms with E-state index in [-0.39, 0.29) is 0 Å². The van der Waals surface area contributed by atoms with E-state index >= 15 is 0 Å². The molecule has 0 bridgehead atoms. The highest BCUT2D eigenvalue weighted by Gasteiger charge is 2.49. The third-order valence-electron chi connectivity index (χ3n) is 1.89. The summed E-state index contributed by atoms with van der Waals surface area (Å²) >= 11 is 0. The number of carboxylic acids is 1. The number of halogens is 3. The van der Waals surface area contributed by atoms with Crippen molar-refractivity contribution in [3.63, 3.8) is 0 Å². The Labute approximate surface area is 108 Å². The number of nitro benzene ring substituents is 1. The second-order valence-electron chi connectivity index (χ2n) is 3.23. The zero-order valence-electron chi connectivity index (χ0n) is 9.12. The number of rotatable bonds is 4. The molecular formula is C8H4F3NO7S. The summed E-state index contributed by atoms with van der Waals surface area (Å²) in [5.74, 6) is -3.07. The molecule has 0 saturated heterocycles. The number of benzene rings is 1. The molecule has 0 heterocycles. The number of hydrogen-bond donors (Lipinski definition) is 1. The lowest BCUT2D eigenvalue weighted by Crippen LogP contribution is -2.28. The van der Waals surface area contributed by atoms with Gasteiger partial charge in [-0.3, -0.25) is 10.1 Å². The summed E-state index contributed by atoms with van der Waals surface area (Å²) in [7, 11) is -6.07. The number of hydrogen-bond acceptors (Lipinski definition) is 6. The fraction of sp³-hybridized carbons (Fsp3) is 0.125. The van der Waals surface area contributed by atoms with Crippen LogP contribution in [0, 0.1) is 10.1 Å². The topological polar surface area (TPSA) is 124 Å².